The van der Waals surface area contributed by atoms with Crippen LogP contribution >= 0.6 is 12.2 Å². The predicted molar refractivity (Wildman–Crippen MR) is 88.8 cm³/mol. The van der Waals surface area contributed by atoms with E-state index in [4.69, 9.17) is 18.0 Å². The molecule has 0 fully saturated rings. The number of hydrogen-bond donors (Lipinski definition) is 2. The van der Waals surface area contributed by atoms with E-state index >= 15 is 0 Å². The van der Waals surface area contributed by atoms with Crippen molar-refractivity contribution in [3.8, 4) is 0 Å². The van der Waals surface area contributed by atoms with E-state index in [1.165, 1.54) is 11.1 Å². The molecular formula is C16H19N3S. The van der Waals surface area contributed by atoms with Crippen molar-refractivity contribution in [3.63, 3.8) is 0 Å². The Labute approximate surface area is 125 Å². The van der Waals surface area contributed by atoms with Crippen LogP contribution in [0.15, 0.2) is 24.3 Å². The lowest BCUT2D eigenvalue weighted by Crippen LogP contribution is -2.15. The summed E-state index contributed by atoms with van der Waals surface area (Å²) in [6.45, 7) is 8.13. The number of benzene rings is 1. The largest absolute Gasteiger partial charge is 0.389 e. The summed E-state index contributed by atoms with van der Waals surface area (Å²) < 4.78 is 0. The van der Waals surface area contributed by atoms with Crippen molar-refractivity contribution in [3.05, 3.63) is 52.2 Å². The van der Waals surface area contributed by atoms with Crippen molar-refractivity contribution in [1.82, 2.24) is 4.98 Å². The SMILES string of the molecule is Cc1cc(C)c(C(N)=S)c(Nc2cccc(C)c2C)n1. The third-order valence-corrected chi connectivity index (χ3v) is 3.65. The number of aromatic nitrogens is 1. The van der Waals surface area contributed by atoms with Gasteiger partial charge in [0.2, 0.25) is 0 Å². The van der Waals surface area contributed by atoms with E-state index in [-0.39, 0.29) is 0 Å². The summed E-state index contributed by atoms with van der Waals surface area (Å²) in [6.07, 6.45) is 0. The standard InChI is InChI=1S/C16H19N3S/c1-9-6-5-7-13(12(9)4)19-16-14(15(17)20)10(2)8-11(3)18-16/h5-8H,1-4H3,(H2,17,20)(H,18,19). The molecule has 1 aromatic heterocycles. The van der Waals surface area contributed by atoms with Crippen molar-refractivity contribution in [2.24, 2.45) is 5.73 Å². The van der Waals surface area contributed by atoms with Gasteiger partial charge in [-0.3, -0.25) is 0 Å². The van der Waals surface area contributed by atoms with Crippen molar-refractivity contribution in [2.45, 2.75) is 27.7 Å². The average Bonchev–Trinajstić information content (AvgIpc) is 2.33. The molecule has 0 bridgehead atoms. The first-order valence-electron chi connectivity index (χ1n) is 6.51. The lowest BCUT2D eigenvalue weighted by Gasteiger charge is -2.16. The smallest absolute Gasteiger partial charge is 0.141 e. The summed E-state index contributed by atoms with van der Waals surface area (Å²) in [4.78, 5) is 4.91. The maximum atomic E-state index is 5.84. The minimum absolute atomic E-state index is 0.364. The second-order valence-corrected chi connectivity index (χ2v) is 5.48. The quantitative estimate of drug-likeness (QED) is 0.844. The highest BCUT2D eigenvalue weighted by atomic mass is 32.1. The molecule has 3 N–H and O–H groups in total. The molecule has 2 rings (SSSR count). The molecule has 0 aliphatic carbocycles. The first kappa shape index (κ1) is 14.5. The summed E-state index contributed by atoms with van der Waals surface area (Å²) in [5.41, 5.74) is 12.1. The zero-order chi connectivity index (χ0) is 14.9. The molecule has 0 saturated heterocycles. The fraction of sp³-hybridized carbons (Fsp3) is 0.250. The minimum atomic E-state index is 0.364. The Morgan fingerprint density at radius 1 is 1.15 bits per heavy atom. The van der Waals surface area contributed by atoms with Gasteiger partial charge < -0.3 is 11.1 Å². The van der Waals surface area contributed by atoms with Crippen LogP contribution in [0, 0.1) is 27.7 Å². The number of nitrogens with zero attached hydrogens (tertiary/aromatic N) is 1. The second-order valence-electron chi connectivity index (χ2n) is 5.04. The van der Waals surface area contributed by atoms with Crippen LogP contribution in [0.5, 0.6) is 0 Å². The van der Waals surface area contributed by atoms with Crippen LogP contribution < -0.4 is 11.1 Å². The maximum absolute atomic E-state index is 5.84. The molecule has 4 heteroatoms. The Bertz CT molecular complexity index is 678. The van der Waals surface area contributed by atoms with Crippen molar-refractivity contribution in [2.75, 3.05) is 5.32 Å². The van der Waals surface area contributed by atoms with Gasteiger partial charge in [0.05, 0.1) is 5.56 Å². The molecule has 3 nitrogen and oxygen atoms in total. The summed E-state index contributed by atoms with van der Waals surface area (Å²) in [7, 11) is 0. The average molecular weight is 285 g/mol. The van der Waals surface area contributed by atoms with E-state index in [0.717, 1.165) is 28.3 Å². The Kier molecular flexibility index (Phi) is 4.04. The molecule has 2 aromatic rings. The Morgan fingerprint density at radius 3 is 2.50 bits per heavy atom. The summed E-state index contributed by atoms with van der Waals surface area (Å²) in [6, 6.07) is 8.13. The summed E-state index contributed by atoms with van der Waals surface area (Å²) in [5, 5.41) is 3.37. The monoisotopic (exact) mass is 285 g/mol. The van der Waals surface area contributed by atoms with Crippen LogP contribution in [-0.4, -0.2) is 9.97 Å². The zero-order valence-corrected chi connectivity index (χ0v) is 13.1. The molecule has 0 unspecified atom stereocenters. The number of hydrogen-bond acceptors (Lipinski definition) is 3. The topological polar surface area (TPSA) is 50.9 Å². The third-order valence-electron chi connectivity index (χ3n) is 3.45. The minimum Gasteiger partial charge on any atom is -0.389 e. The highest BCUT2D eigenvalue weighted by Gasteiger charge is 2.12. The van der Waals surface area contributed by atoms with Crippen molar-refractivity contribution < 1.29 is 0 Å². The lowest BCUT2D eigenvalue weighted by molar-refractivity contribution is 1.16. The second kappa shape index (κ2) is 5.59. The van der Waals surface area contributed by atoms with Gasteiger partial charge in [0, 0.05) is 11.4 Å². The number of rotatable bonds is 3. The van der Waals surface area contributed by atoms with E-state index < -0.39 is 0 Å². The number of nitrogens with one attached hydrogen (secondary N) is 1. The van der Waals surface area contributed by atoms with Crippen LogP contribution in [0.2, 0.25) is 0 Å². The van der Waals surface area contributed by atoms with Gasteiger partial charge in [-0.1, -0.05) is 24.4 Å². The summed E-state index contributed by atoms with van der Waals surface area (Å²) >= 11 is 5.15. The van der Waals surface area contributed by atoms with Gasteiger partial charge in [0.25, 0.3) is 0 Å². The molecule has 0 radical (unpaired) electrons. The lowest BCUT2D eigenvalue weighted by atomic mass is 10.1. The Hall–Kier alpha value is -1.94. The van der Waals surface area contributed by atoms with Gasteiger partial charge in [-0.2, -0.15) is 0 Å². The molecule has 1 aromatic carbocycles. The Morgan fingerprint density at radius 2 is 1.85 bits per heavy atom. The molecular weight excluding hydrogens is 266 g/mol. The molecule has 1 heterocycles. The number of aryl methyl sites for hydroxylation is 3. The molecule has 0 atom stereocenters. The molecule has 0 amide bonds. The highest BCUT2D eigenvalue weighted by molar-refractivity contribution is 7.80. The molecule has 0 saturated carbocycles. The van der Waals surface area contributed by atoms with Gasteiger partial charge in [0.15, 0.2) is 0 Å². The van der Waals surface area contributed by atoms with Gasteiger partial charge in [-0.05, 0) is 56.5 Å². The van der Waals surface area contributed by atoms with Gasteiger partial charge in [-0.25, -0.2) is 4.98 Å². The first-order chi connectivity index (χ1) is 9.40. The fourth-order valence-electron chi connectivity index (χ4n) is 2.25. The van der Waals surface area contributed by atoms with E-state index in [1.54, 1.807) is 0 Å². The molecule has 0 spiro atoms. The maximum Gasteiger partial charge on any atom is 0.141 e. The van der Waals surface area contributed by atoms with Crippen LogP contribution in [0.3, 0.4) is 0 Å². The van der Waals surface area contributed by atoms with Crippen LogP contribution in [0.1, 0.15) is 27.9 Å². The Balaban J connectivity index is 2.53. The van der Waals surface area contributed by atoms with Gasteiger partial charge >= 0.3 is 0 Å². The predicted octanol–water partition coefficient (Wildman–Crippen LogP) is 3.69. The molecule has 0 aliphatic heterocycles. The van der Waals surface area contributed by atoms with E-state index in [0.29, 0.717) is 4.99 Å². The number of thiocarbonyl (C=S) groups is 1. The first-order valence-corrected chi connectivity index (χ1v) is 6.92. The zero-order valence-electron chi connectivity index (χ0n) is 12.2. The van der Waals surface area contributed by atoms with Crippen molar-refractivity contribution >= 4 is 28.7 Å². The van der Waals surface area contributed by atoms with Crippen molar-refractivity contribution in [1.29, 1.82) is 0 Å². The fourth-order valence-corrected chi connectivity index (χ4v) is 2.51. The highest BCUT2D eigenvalue weighted by Crippen LogP contribution is 2.26. The van der Waals surface area contributed by atoms with Crippen LogP contribution in [-0.2, 0) is 0 Å². The number of nitrogens with two attached hydrogens (primary N) is 1. The normalized spacial score (nSPS) is 10.4. The number of pyridine rings is 1. The molecule has 20 heavy (non-hydrogen) atoms. The number of anilines is 2. The summed E-state index contributed by atoms with van der Waals surface area (Å²) in [5.74, 6) is 0.726. The van der Waals surface area contributed by atoms with Crippen LogP contribution in [0.25, 0.3) is 0 Å². The van der Waals surface area contributed by atoms with E-state index in [9.17, 15) is 0 Å². The molecule has 0 aliphatic rings. The van der Waals surface area contributed by atoms with E-state index in [2.05, 4.69) is 30.2 Å². The van der Waals surface area contributed by atoms with Gasteiger partial charge in [-0.15, -0.1) is 0 Å². The van der Waals surface area contributed by atoms with Crippen LogP contribution in [0.4, 0.5) is 11.5 Å². The third kappa shape index (κ3) is 2.80. The van der Waals surface area contributed by atoms with E-state index in [1.807, 2.05) is 32.0 Å². The van der Waals surface area contributed by atoms with Gasteiger partial charge in [0.1, 0.15) is 10.8 Å². The molecule has 104 valence electrons.